The number of halogens is 1. The van der Waals surface area contributed by atoms with E-state index in [0.29, 0.717) is 6.42 Å². The molecule has 0 aliphatic heterocycles. The van der Waals surface area contributed by atoms with Gasteiger partial charge >= 0.3 is 0 Å². The van der Waals surface area contributed by atoms with Gasteiger partial charge in [0, 0.05) is 13.3 Å². The molecular formula is C8H10FNO3S. The maximum absolute atomic E-state index is 12.7. The number of sulfonamides is 1. The van der Waals surface area contributed by atoms with Gasteiger partial charge in [-0.3, -0.25) is 4.79 Å². The van der Waals surface area contributed by atoms with Crippen molar-refractivity contribution < 1.29 is 17.6 Å². The highest BCUT2D eigenvalue weighted by Gasteiger charge is 2.19. The molecule has 0 unspecified atom stereocenters. The fraction of sp³-hybridized carbons (Fsp3) is 0.375. The Morgan fingerprint density at radius 2 is 2.21 bits per heavy atom. The lowest BCUT2D eigenvalue weighted by atomic mass is 10.2. The zero-order chi connectivity index (χ0) is 10.8. The first-order valence-electron chi connectivity index (χ1n) is 4.01. The van der Waals surface area contributed by atoms with Crippen molar-refractivity contribution in [2.75, 3.05) is 0 Å². The molecular weight excluding hydrogens is 209 g/mol. The van der Waals surface area contributed by atoms with Crippen LogP contribution in [0.3, 0.4) is 0 Å². The lowest BCUT2D eigenvalue weighted by Crippen LogP contribution is -2.29. The molecule has 0 aromatic carbocycles. The molecule has 0 bridgehead atoms. The molecule has 1 N–H and O–H groups in total. The van der Waals surface area contributed by atoms with Gasteiger partial charge in [0.25, 0.3) is 10.0 Å². The van der Waals surface area contributed by atoms with E-state index in [1.54, 1.807) is 4.72 Å². The maximum Gasteiger partial charge on any atom is 0.263 e. The van der Waals surface area contributed by atoms with Gasteiger partial charge in [0.2, 0.25) is 5.91 Å². The Kier molecular flexibility index (Phi) is 3.05. The summed E-state index contributed by atoms with van der Waals surface area (Å²) in [6.45, 7) is 1.08. The lowest BCUT2D eigenvalue weighted by molar-refractivity contribution is -0.117. The lowest BCUT2D eigenvalue weighted by Gasteiger charge is -2.09. The molecule has 0 aromatic rings. The summed E-state index contributed by atoms with van der Waals surface area (Å²) in [7, 11) is -3.87. The molecule has 0 fully saturated rings. The van der Waals surface area contributed by atoms with Crippen molar-refractivity contribution in [3.05, 3.63) is 22.9 Å². The van der Waals surface area contributed by atoms with Gasteiger partial charge in [0.15, 0.2) is 0 Å². The predicted octanol–water partition coefficient (Wildman–Crippen LogP) is 0.983. The van der Waals surface area contributed by atoms with E-state index in [9.17, 15) is 17.6 Å². The molecule has 78 valence electrons. The van der Waals surface area contributed by atoms with E-state index in [4.69, 9.17) is 0 Å². The molecule has 1 rings (SSSR count). The molecule has 0 heterocycles. The van der Waals surface area contributed by atoms with E-state index in [2.05, 4.69) is 0 Å². The standard InChI is InChI=1S/C8H10FNO3S/c1-6(11)10-14(12,13)8-4-2-3-7(9)5-8/h4-5H,2-3H2,1H3,(H,10,11). The van der Waals surface area contributed by atoms with Crippen LogP contribution in [0.5, 0.6) is 0 Å². The van der Waals surface area contributed by atoms with Crippen LogP contribution in [0, 0.1) is 0 Å². The Hall–Kier alpha value is -1.17. The minimum Gasteiger partial charge on any atom is -0.274 e. The van der Waals surface area contributed by atoms with Crippen LogP contribution in [0.25, 0.3) is 0 Å². The van der Waals surface area contributed by atoms with Crippen LogP contribution in [0.2, 0.25) is 0 Å². The molecule has 1 aliphatic rings. The van der Waals surface area contributed by atoms with E-state index in [0.717, 1.165) is 13.0 Å². The summed E-state index contributed by atoms with van der Waals surface area (Å²) in [4.78, 5) is 10.4. The van der Waals surface area contributed by atoms with Gasteiger partial charge in [-0.05, 0) is 12.5 Å². The van der Waals surface area contributed by atoms with Crippen molar-refractivity contribution in [2.24, 2.45) is 0 Å². The summed E-state index contributed by atoms with van der Waals surface area (Å²) in [6, 6.07) is 0. The van der Waals surface area contributed by atoms with E-state index in [-0.39, 0.29) is 11.3 Å². The minimum atomic E-state index is -3.87. The van der Waals surface area contributed by atoms with Crippen LogP contribution < -0.4 is 4.72 Å². The van der Waals surface area contributed by atoms with Gasteiger partial charge in [0.05, 0.1) is 4.91 Å². The van der Waals surface area contributed by atoms with Crippen LogP contribution in [-0.2, 0) is 14.8 Å². The highest BCUT2D eigenvalue weighted by atomic mass is 32.2. The van der Waals surface area contributed by atoms with E-state index < -0.39 is 21.8 Å². The van der Waals surface area contributed by atoms with Gasteiger partial charge in [0.1, 0.15) is 5.83 Å². The smallest absolute Gasteiger partial charge is 0.263 e. The molecule has 6 heteroatoms. The van der Waals surface area contributed by atoms with E-state index in [1.807, 2.05) is 0 Å². The Morgan fingerprint density at radius 1 is 1.57 bits per heavy atom. The van der Waals surface area contributed by atoms with Gasteiger partial charge < -0.3 is 0 Å². The Balaban J connectivity index is 2.94. The second-order valence-electron chi connectivity index (χ2n) is 2.90. The molecule has 1 aliphatic carbocycles. The number of nitrogens with one attached hydrogen (secondary N) is 1. The van der Waals surface area contributed by atoms with Crippen molar-refractivity contribution in [3.8, 4) is 0 Å². The van der Waals surface area contributed by atoms with Crippen LogP contribution in [0.4, 0.5) is 4.39 Å². The quantitative estimate of drug-likeness (QED) is 0.753. The van der Waals surface area contributed by atoms with Crippen molar-refractivity contribution in [2.45, 2.75) is 19.8 Å². The normalized spacial score (nSPS) is 17.0. The van der Waals surface area contributed by atoms with Gasteiger partial charge in [-0.2, -0.15) is 0 Å². The molecule has 0 atom stereocenters. The summed E-state index contributed by atoms with van der Waals surface area (Å²) in [6.07, 6.45) is 2.85. The van der Waals surface area contributed by atoms with Gasteiger partial charge in [-0.25, -0.2) is 17.5 Å². The average Bonchev–Trinajstić information content (AvgIpc) is 2.01. The zero-order valence-electron chi connectivity index (χ0n) is 7.58. The highest BCUT2D eigenvalue weighted by Crippen LogP contribution is 2.21. The number of hydrogen-bond acceptors (Lipinski definition) is 3. The van der Waals surface area contributed by atoms with Crippen LogP contribution >= 0.6 is 0 Å². The molecule has 1 amide bonds. The highest BCUT2D eigenvalue weighted by molar-refractivity contribution is 7.94. The average molecular weight is 219 g/mol. The monoisotopic (exact) mass is 219 g/mol. The first-order chi connectivity index (χ1) is 6.42. The third kappa shape index (κ3) is 2.66. The fourth-order valence-corrected chi connectivity index (χ4v) is 2.19. The Morgan fingerprint density at radius 3 is 2.71 bits per heavy atom. The Labute approximate surface area is 81.5 Å². The van der Waals surface area contributed by atoms with E-state index >= 15 is 0 Å². The fourth-order valence-electron chi connectivity index (χ4n) is 1.07. The van der Waals surface area contributed by atoms with Crippen molar-refractivity contribution >= 4 is 15.9 Å². The second-order valence-corrected chi connectivity index (χ2v) is 4.58. The van der Waals surface area contributed by atoms with Crippen molar-refractivity contribution in [3.63, 3.8) is 0 Å². The maximum atomic E-state index is 12.7. The second kappa shape index (κ2) is 3.91. The van der Waals surface area contributed by atoms with Crippen molar-refractivity contribution in [1.82, 2.24) is 4.72 Å². The third-order valence-corrected chi connectivity index (χ3v) is 3.08. The molecule has 0 saturated heterocycles. The summed E-state index contributed by atoms with van der Waals surface area (Å²) >= 11 is 0. The number of rotatable bonds is 2. The minimum absolute atomic E-state index is 0.184. The van der Waals surface area contributed by atoms with Crippen LogP contribution in [0.1, 0.15) is 19.8 Å². The molecule has 0 saturated carbocycles. The summed E-state index contributed by atoms with van der Waals surface area (Å²) < 4.78 is 37.2. The SMILES string of the molecule is CC(=O)NS(=O)(=O)C1=CCCC(F)=C1. The first-order valence-corrected chi connectivity index (χ1v) is 5.50. The van der Waals surface area contributed by atoms with Crippen LogP contribution in [0.15, 0.2) is 22.9 Å². The molecule has 0 spiro atoms. The summed E-state index contributed by atoms with van der Waals surface area (Å²) in [5, 5.41) is 0. The van der Waals surface area contributed by atoms with Crippen LogP contribution in [-0.4, -0.2) is 14.3 Å². The number of amides is 1. The largest absolute Gasteiger partial charge is 0.274 e. The number of hydrogen-bond donors (Lipinski definition) is 1. The third-order valence-electron chi connectivity index (χ3n) is 1.62. The van der Waals surface area contributed by atoms with Gasteiger partial charge in [-0.15, -0.1) is 0 Å². The molecule has 0 aromatic heterocycles. The summed E-state index contributed by atoms with van der Waals surface area (Å²) in [5.74, 6) is -1.18. The van der Waals surface area contributed by atoms with Crippen molar-refractivity contribution in [1.29, 1.82) is 0 Å². The number of carbonyl (C=O) groups excluding carboxylic acids is 1. The molecule has 0 radical (unpaired) electrons. The number of allylic oxidation sites excluding steroid dienone is 3. The number of carbonyl (C=O) groups is 1. The topological polar surface area (TPSA) is 63.2 Å². The first kappa shape index (κ1) is 10.9. The zero-order valence-corrected chi connectivity index (χ0v) is 8.40. The Bertz CT molecular complexity index is 408. The summed E-state index contributed by atoms with van der Waals surface area (Å²) in [5.41, 5.74) is 0. The van der Waals surface area contributed by atoms with E-state index in [1.165, 1.54) is 6.08 Å². The molecule has 14 heavy (non-hydrogen) atoms. The van der Waals surface area contributed by atoms with Gasteiger partial charge in [-0.1, -0.05) is 6.08 Å². The molecule has 4 nitrogen and oxygen atoms in total. The predicted molar refractivity (Wildman–Crippen MR) is 49.2 cm³/mol.